The number of hydrogen-bond donors (Lipinski definition) is 1. The topological polar surface area (TPSA) is 35.6 Å². The van der Waals surface area contributed by atoms with Gasteiger partial charge in [0.15, 0.2) is 0 Å². The first-order chi connectivity index (χ1) is 13.3. The van der Waals surface area contributed by atoms with Gasteiger partial charge in [-0.15, -0.1) is 0 Å². The fourth-order valence-electron chi connectivity index (χ4n) is 3.46. The Kier molecular flexibility index (Phi) is 6.35. The van der Waals surface area contributed by atoms with E-state index in [4.69, 9.17) is 0 Å². The Morgan fingerprint density at radius 3 is 2.25 bits per heavy atom. The number of amides is 1. The summed E-state index contributed by atoms with van der Waals surface area (Å²) in [7, 11) is 0. The van der Waals surface area contributed by atoms with Crippen LogP contribution in [0.5, 0.6) is 0 Å². The number of hydrogen-bond acceptors (Lipinski definition) is 3. The number of nitrogens with one attached hydrogen (secondary N) is 1. The zero-order valence-corrected chi connectivity index (χ0v) is 17.0. The van der Waals surface area contributed by atoms with Crippen molar-refractivity contribution in [3.05, 3.63) is 59.9 Å². The fourth-order valence-corrected chi connectivity index (χ4v) is 3.46. The van der Waals surface area contributed by atoms with Crippen molar-refractivity contribution in [2.24, 2.45) is 0 Å². The predicted octanol–water partition coefficient (Wildman–Crippen LogP) is 4.27. The minimum atomic E-state index is -0.173. The SMILES string of the molecule is CC(C)(C)c1ccc(NC(=O)CCN2CCN(c3ccccc3F)CC2)cc1. The van der Waals surface area contributed by atoms with Crippen LogP contribution in [0.4, 0.5) is 15.8 Å². The highest BCUT2D eigenvalue weighted by Crippen LogP contribution is 2.23. The van der Waals surface area contributed by atoms with Gasteiger partial charge >= 0.3 is 0 Å². The number of halogens is 1. The van der Waals surface area contributed by atoms with Crippen molar-refractivity contribution >= 4 is 17.3 Å². The van der Waals surface area contributed by atoms with Gasteiger partial charge in [-0.3, -0.25) is 9.69 Å². The Labute approximate surface area is 167 Å². The van der Waals surface area contributed by atoms with Gasteiger partial charge in [0.1, 0.15) is 5.82 Å². The van der Waals surface area contributed by atoms with E-state index >= 15 is 0 Å². The maximum Gasteiger partial charge on any atom is 0.225 e. The largest absolute Gasteiger partial charge is 0.367 e. The van der Waals surface area contributed by atoms with Crippen LogP contribution in [0.3, 0.4) is 0 Å². The molecule has 2 aromatic rings. The van der Waals surface area contributed by atoms with Crippen molar-refractivity contribution in [3.63, 3.8) is 0 Å². The van der Waals surface area contributed by atoms with Crippen molar-refractivity contribution in [1.82, 2.24) is 4.90 Å². The molecule has 1 saturated heterocycles. The first-order valence-electron chi connectivity index (χ1n) is 9.95. The van der Waals surface area contributed by atoms with Gasteiger partial charge in [-0.25, -0.2) is 4.39 Å². The molecule has 1 amide bonds. The highest BCUT2D eigenvalue weighted by molar-refractivity contribution is 5.90. The highest BCUT2D eigenvalue weighted by atomic mass is 19.1. The molecule has 1 aliphatic rings. The van der Waals surface area contributed by atoms with Crippen LogP contribution < -0.4 is 10.2 Å². The number of nitrogens with zero attached hydrogens (tertiary/aromatic N) is 2. The smallest absolute Gasteiger partial charge is 0.225 e. The summed E-state index contributed by atoms with van der Waals surface area (Å²) in [6.45, 7) is 10.5. The van der Waals surface area contributed by atoms with Gasteiger partial charge in [-0.1, -0.05) is 45.0 Å². The Morgan fingerprint density at radius 2 is 1.64 bits per heavy atom. The van der Waals surface area contributed by atoms with Gasteiger partial charge < -0.3 is 10.2 Å². The van der Waals surface area contributed by atoms with E-state index in [2.05, 4.69) is 48.0 Å². The molecule has 1 aliphatic heterocycles. The molecule has 0 bridgehead atoms. The van der Waals surface area contributed by atoms with Crippen LogP contribution in [0.15, 0.2) is 48.5 Å². The molecular formula is C23H30FN3O. The summed E-state index contributed by atoms with van der Waals surface area (Å²) in [5.41, 5.74) is 2.85. The molecule has 0 atom stereocenters. The van der Waals surface area contributed by atoms with Crippen LogP contribution in [0.1, 0.15) is 32.8 Å². The first kappa shape index (κ1) is 20.3. The molecule has 3 rings (SSSR count). The van der Waals surface area contributed by atoms with Gasteiger partial charge in [-0.05, 0) is 35.2 Å². The lowest BCUT2D eigenvalue weighted by Crippen LogP contribution is -2.47. The quantitative estimate of drug-likeness (QED) is 0.837. The molecule has 1 heterocycles. The van der Waals surface area contributed by atoms with Crippen LogP contribution in [-0.4, -0.2) is 43.5 Å². The third-order valence-electron chi connectivity index (χ3n) is 5.26. The van der Waals surface area contributed by atoms with E-state index in [1.54, 1.807) is 6.07 Å². The Bertz CT molecular complexity index is 790. The average molecular weight is 384 g/mol. The van der Waals surface area contributed by atoms with Crippen molar-refractivity contribution in [3.8, 4) is 0 Å². The number of piperazine rings is 1. The molecule has 0 aromatic heterocycles. The maximum atomic E-state index is 13.9. The summed E-state index contributed by atoms with van der Waals surface area (Å²) >= 11 is 0. The first-order valence-corrected chi connectivity index (χ1v) is 9.95. The van der Waals surface area contributed by atoms with Gasteiger partial charge in [0.2, 0.25) is 5.91 Å². The Hall–Kier alpha value is -2.40. The zero-order valence-electron chi connectivity index (χ0n) is 17.0. The molecule has 0 aliphatic carbocycles. The lowest BCUT2D eigenvalue weighted by Gasteiger charge is -2.36. The summed E-state index contributed by atoms with van der Waals surface area (Å²) in [6, 6.07) is 15.0. The average Bonchev–Trinajstić information content (AvgIpc) is 2.67. The molecule has 0 radical (unpaired) electrons. The molecule has 4 nitrogen and oxygen atoms in total. The van der Waals surface area contributed by atoms with Crippen LogP contribution in [0.25, 0.3) is 0 Å². The summed E-state index contributed by atoms with van der Waals surface area (Å²) in [4.78, 5) is 16.6. The monoisotopic (exact) mass is 383 g/mol. The molecule has 1 fully saturated rings. The van der Waals surface area contributed by atoms with Crippen LogP contribution in [0.2, 0.25) is 0 Å². The Morgan fingerprint density at radius 1 is 1.00 bits per heavy atom. The Balaban J connectivity index is 1.43. The molecule has 0 saturated carbocycles. The second kappa shape index (κ2) is 8.74. The van der Waals surface area contributed by atoms with Crippen LogP contribution >= 0.6 is 0 Å². The molecule has 28 heavy (non-hydrogen) atoms. The minimum Gasteiger partial charge on any atom is -0.367 e. The summed E-state index contributed by atoms with van der Waals surface area (Å²) in [5, 5.41) is 2.98. The second-order valence-corrected chi connectivity index (χ2v) is 8.41. The summed E-state index contributed by atoms with van der Waals surface area (Å²) in [6.07, 6.45) is 0.459. The molecule has 150 valence electrons. The van der Waals surface area contributed by atoms with E-state index in [0.717, 1.165) is 38.4 Å². The van der Waals surface area contributed by atoms with Crippen molar-refractivity contribution in [1.29, 1.82) is 0 Å². The lowest BCUT2D eigenvalue weighted by atomic mass is 9.87. The van der Waals surface area contributed by atoms with Crippen LogP contribution in [0, 0.1) is 5.82 Å². The van der Waals surface area contributed by atoms with E-state index in [1.165, 1.54) is 11.6 Å². The van der Waals surface area contributed by atoms with Crippen molar-refractivity contribution < 1.29 is 9.18 Å². The summed E-state index contributed by atoms with van der Waals surface area (Å²) in [5.74, 6) is -0.146. The van der Waals surface area contributed by atoms with E-state index in [-0.39, 0.29) is 17.1 Å². The molecule has 0 unspecified atom stereocenters. The normalized spacial score (nSPS) is 15.5. The zero-order chi connectivity index (χ0) is 20.1. The van der Waals surface area contributed by atoms with Crippen LogP contribution in [-0.2, 0) is 10.2 Å². The van der Waals surface area contributed by atoms with Gasteiger partial charge in [-0.2, -0.15) is 0 Å². The van der Waals surface area contributed by atoms with E-state index < -0.39 is 0 Å². The minimum absolute atomic E-state index is 0.0278. The number of rotatable bonds is 5. The summed E-state index contributed by atoms with van der Waals surface area (Å²) < 4.78 is 13.9. The van der Waals surface area contributed by atoms with E-state index in [9.17, 15) is 9.18 Å². The van der Waals surface area contributed by atoms with Gasteiger partial charge in [0.05, 0.1) is 5.69 Å². The highest BCUT2D eigenvalue weighted by Gasteiger charge is 2.19. The van der Waals surface area contributed by atoms with E-state index in [1.807, 2.05) is 24.3 Å². The fraction of sp³-hybridized carbons (Fsp3) is 0.435. The third kappa shape index (κ3) is 5.32. The van der Waals surface area contributed by atoms with Gasteiger partial charge in [0, 0.05) is 44.8 Å². The molecule has 2 aromatic carbocycles. The second-order valence-electron chi connectivity index (χ2n) is 8.41. The molecule has 0 spiro atoms. The molecule has 5 heteroatoms. The van der Waals surface area contributed by atoms with E-state index in [0.29, 0.717) is 12.1 Å². The maximum absolute atomic E-state index is 13.9. The number of benzene rings is 2. The number of anilines is 2. The lowest BCUT2D eigenvalue weighted by molar-refractivity contribution is -0.116. The number of carbonyl (C=O) groups excluding carboxylic acids is 1. The molecule has 1 N–H and O–H groups in total. The van der Waals surface area contributed by atoms with Crippen molar-refractivity contribution in [2.75, 3.05) is 42.9 Å². The third-order valence-corrected chi connectivity index (χ3v) is 5.26. The molecular weight excluding hydrogens is 353 g/mol. The van der Waals surface area contributed by atoms with Gasteiger partial charge in [0.25, 0.3) is 0 Å². The standard InChI is InChI=1S/C23H30FN3O/c1-23(2,3)18-8-10-19(11-9-18)25-22(28)12-13-26-14-16-27(17-15-26)21-7-5-4-6-20(21)24/h4-11H,12-17H2,1-3H3,(H,25,28). The predicted molar refractivity (Wildman–Crippen MR) is 113 cm³/mol. The number of carbonyl (C=O) groups is 1. The number of para-hydroxylation sites is 1. The van der Waals surface area contributed by atoms with Crippen molar-refractivity contribution in [2.45, 2.75) is 32.6 Å².